The van der Waals surface area contributed by atoms with Crippen LogP contribution in [0.3, 0.4) is 0 Å². The Bertz CT molecular complexity index is 132. The second kappa shape index (κ2) is 14.7. The van der Waals surface area contributed by atoms with E-state index in [4.69, 9.17) is 9.90 Å². The van der Waals surface area contributed by atoms with Crippen molar-refractivity contribution in [3.8, 4) is 0 Å². The molecular formula is C7H12O4Zn2+2. The van der Waals surface area contributed by atoms with Gasteiger partial charge in [0.1, 0.15) is 0 Å². The number of hydrogen-bond donors (Lipinski definition) is 0. The molecule has 0 amide bonds. The van der Waals surface area contributed by atoms with Gasteiger partial charge in [-0.15, -0.1) is 0 Å². The first kappa shape index (κ1) is 23.2. The van der Waals surface area contributed by atoms with Gasteiger partial charge in [0.25, 0.3) is 0 Å². The van der Waals surface area contributed by atoms with Crippen molar-refractivity contribution in [2.75, 3.05) is 0 Å². The molecule has 0 aliphatic carbocycles. The third-order valence-electron chi connectivity index (χ3n) is 0.575. The summed E-state index contributed by atoms with van der Waals surface area (Å²) in [6, 6.07) is 0. The maximum absolute atomic E-state index is 9.70. The van der Waals surface area contributed by atoms with Crippen molar-refractivity contribution in [2.45, 2.75) is 27.2 Å². The van der Waals surface area contributed by atoms with Crippen LogP contribution in [0.25, 0.3) is 0 Å². The van der Waals surface area contributed by atoms with E-state index >= 15 is 0 Å². The first-order valence-electron chi connectivity index (χ1n) is 3.23. The Labute approximate surface area is 104 Å². The molecule has 66 valence electrons. The monoisotopic (exact) mass is 288 g/mol. The van der Waals surface area contributed by atoms with E-state index in [-0.39, 0.29) is 51.3 Å². The SMILES string of the molecule is CC(=O)[O-].CC(C)CC(=O)[O-].[Zn+2].[Zn+2]. The Morgan fingerprint density at radius 2 is 1.38 bits per heavy atom. The van der Waals surface area contributed by atoms with Crippen LogP contribution in [0.2, 0.25) is 0 Å². The molecule has 0 fully saturated rings. The van der Waals surface area contributed by atoms with Crippen molar-refractivity contribution in [3.63, 3.8) is 0 Å². The summed E-state index contributed by atoms with van der Waals surface area (Å²) in [4.78, 5) is 18.6. The molecule has 4 nitrogen and oxygen atoms in total. The molecule has 0 bridgehead atoms. The van der Waals surface area contributed by atoms with Gasteiger partial charge in [0.2, 0.25) is 0 Å². The largest absolute Gasteiger partial charge is 2.00 e. The molecule has 13 heavy (non-hydrogen) atoms. The van der Waals surface area contributed by atoms with Gasteiger partial charge in [-0.2, -0.15) is 0 Å². The predicted molar refractivity (Wildman–Crippen MR) is 35.1 cm³/mol. The summed E-state index contributed by atoms with van der Waals surface area (Å²) in [6.07, 6.45) is 0.167. The van der Waals surface area contributed by atoms with Gasteiger partial charge in [-0.3, -0.25) is 0 Å². The van der Waals surface area contributed by atoms with Crippen LogP contribution in [0.4, 0.5) is 0 Å². The fraction of sp³-hybridized carbons (Fsp3) is 0.714. The van der Waals surface area contributed by atoms with Gasteiger partial charge in [-0.1, -0.05) is 13.8 Å². The molecule has 0 aliphatic heterocycles. The van der Waals surface area contributed by atoms with E-state index in [0.717, 1.165) is 6.92 Å². The van der Waals surface area contributed by atoms with Gasteiger partial charge < -0.3 is 19.8 Å². The molecular weight excluding hydrogens is 279 g/mol. The Morgan fingerprint density at radius 1 is 1.15 bits per heavy atom. The summed E-state index contributed by atoms with van der Waals surface area (Å²) in [5, 5.41) is 18.6. The molecule has 0 atom stereocenters. The minimum absolute atomic E-state index is 0. The van der Waals surface area contributed by atoms with Gasteiger partial charge in [-0.05, 0) is 19.3 Å². The van der Waals surface area contributed by atoms with Gasteiger partial charge in [0.05, 0.1) is 0 Å². The first-order chi connectivity index (χ1) is 4.86. The summed E-state index contributed by atoms with van der Waals surface area (Å²) in [5.74, 6) is -1.83. The van der Waals surface area contributed by atoms with Crippen LogP contribution in [0, 0.1) is 5.92 Å². The number of carboxylic acids is 2. The van der Waals surface area contributed by atoms with Crippen molar-refractivity contribution in [3.05, 3.63) is 0 Å². The van der Waals surface area contributed by atoms with Crippen molar-refractivity contribution < 1.29 is 58.8 Å². The van der Waals surface area contributed by atoms with Crippen LogP contribution in [0.5, 0.6) is 0 Å². The zero-order valence-corrected chi connectivity index (χ0v) is 14.3. The van der Waals surface area contributed by atoms with Crippen LogP contribution in [-0.4, -0.2) is 11.9 Å². The molecule has 0 N–H and O–H groups in total. The quantitative estimate of drug-likeness (QED) is 0.582. The molecule has 0 radical (unpaired) electrons. The van der Waals surface area contributed by atoms with Crippen LogP contribution in [-0.2, 0) is 48.5 Å². The average Bonchev–Trinajstić information content (AvgIpc) is 1.56. The molecule has 0 saturated carbocycles. The Morgan fingerprint density at radius 3 is 1.38 bits per heavy atom. The average molecular weight is 291 g/mol. The smallest absolute Gasteiger partial charge is 0.550 e. The summed E-state index contributed by atoms with van der Waals surface area (Å²) in [5.41, 5.74) is 0. The molecule has 0 heterocycles. The molecule has 0 saturated heterocycles. The maximum Gasteiger partial charge on any atom is 2.00 e. The van der Waals surface area contributed by atoms with Crippen LogP contribution in [0.15, 0.2) is 0 Å². The number of hydrogen-bond acceptors (Lipinski definition) is 4. The number of carbonyl (C=O) groups is 2. The van der Waals surface area contributed by atoms with E-state index in [1.165, 1.54) is 0 Å². The van der Waals surface area contributed by atoms with E-state index < -0.39 is 11.9 Å². The third kappa shape index (κ3) is 72.1. The summed E-state index contributed by atoms with van der Waals surface area (Å²) < 4.78 is 0. The molecule has 6 heteroatoms. The van der Waals surface area contributed by atoms with Gasteiger partial charge in [0, 0.05) is 11.9 Å². The standard InChI is InChI=1S/C5H10O2.C2H4O2.2Zn/c1-4(2)3-5(6)7;1-2(3)4;;/h4H,3H2,1-2H3,(H,6,7);1H3,(H,3,4);;/q;;2*+2/p-2. The van der Waals surface area contributed by atoms with Crippen molar-refractivity contribution in [1.82, 2.24) is 0 Å². The topological polar surface area (TPSA) is 80.3 Å². The Hall–Kier alpha value is 0.187. The number of aliphatic carboxylic acids is 2. The van der Waals surface area contributed by atoms with Crippen LogP contribution in [0.1, 0.15) is 27.2 Å². The zero-order valence-electron chi connectivity index (χ0n) is 8.33. The second-order valence-corrected chi connectivity index (χ2v) is 2.46. The van der Waals surface area contributed by atoms with Crippen LogP contribution < -0.4 is 10.2 Å². The normalized spacial score (nSPS) is 7.08. The second-order valence-electron chi connectivity index (χ2n) is 2.46. The Balaban J connectivity index is -0.0000000600. The molecule has 0 aliphatic rings. The fourth-order valence-electron chi connectivity index (χ4n) is 0.333. The fourth-order valence-corrected chi connectivity index (χ4v) is 0.333. The Kier molecular flexibility index (Phi) is 26.2. The van der Waals surface area contributed by atoms with Gasteiger partial charge >= 0.3 is 39.0 Å². The number of carbonyl (C=O) groups excluding carboxylic acids is 2. The van der Waals surface area contributed by atoms with Gasteiger partial charge in [-0.25, -0.2) is 0 Å². The first-order valence-corrected chi connectivity index (χ1v) is 3.23. The van der Waals surface area contributed by atoms with E-state index in [1.54, 1.807) is 0 Å². The minimum atomic E-state index is -1.08. The zero-order chi connectivity index (χ0) is 9.44. The van der Waals surface area contributed by atoms with E-state index in [1.807, 2.05) is 13.8 Å². The minimum Gasteiger partial charge on any atom is -0.550 e. The summed E-state index contributed by atoms with van der Waals surface area (Å²) in [7, 11) is 0. The van der Waals surface area contributed by atoms with Crippen LogP contribution >= 0.6 is 0 Å². The summed E-state index contributed by atoms with van der Waals surface area (Å²) >= 11 is 0. The number of rotatable bonds is 2. The number of carboxylic acid groups (broad SMARTS) is 2. The third-order valence-corrected chi connectivity index (χ3v) is 0.575. The van der Waals surface area contributed by atoms with E-state index in [2.05, 4.69) is 0 Å². The van der Waals surface area contributed by atoms with Crippen molar-refractivity contribution in [1.29, 1.82) is 0 Å². The molecule has 0 unspecified atom stereocenters. The van der Waals surface area contributed by atoms with Crippen molar-refractivity contribution >= 4 is 11.9 Å². The summed E-state index contributed by atoms with van der Waals surface area (Å²) in [6.45, 7) is 4.66. The maximum atomic E-state index is 9.70. The van der Waals surface area contributed by atoms with E-state index in [9.17, 15) is 9.90 Å². The molecule has 0 rings (SSSR count). The predicted octanol–water partition coefficient (Wildman–Crippen LogP) is -1.47. The van der Waals surface area contributed by atoms with Gasteiger partial charge in [0.15, 0.2) is 0 Å². The van der Waals surface area contributed by atoms with Crippen molar-refractivity contribution in [2.24, 2.45) is 5.92 Å². The molecule has 0 aromatic carbocycles. The molecule has 0 aromatic heterocycles. The van der Waals surface area contributed by atoms with E-state index in [0.29, 0.717) is 0 Å². The molecule has 0 spiro atoms. The molecule has 0 aromatic rings.